The highest BCUT2D eigenvalue weighted by Crippen LogP contribution is 1.95. The first-order chi connectivity index (χ1) is 6.11. The zero-order chi connectivity index (χ0) is 10.3. The van der Waals surface area contributed by atoms with Crippen LogP contribution in [0.5, 0.6) is 0 Å². The maximum Gasteiger partial charge on any atom is 0.319 e. The molecule has 78 valence electrons. The van der Waals surface area contributed by atoms with Crippen molar-refractivity contribution in [3.05, 3.63) is 0 Å². The van der Waals surface area contributed by atoms with Crippen molar-refractivity contribution in [2.75, 3.05) is 20.3 Å². The van der Waals surface area contributed by atoms with Gasteiger partial charge in [0.15, 0.2) is 0 Å². The standard InChI is InChI=1S/C9H19NO3/c1-5-13-9(11)6-10-7(2)8(3)12-4/h7-8,10H,5-6H2,1-4H3. The maximum absolute atomic E-state index is 10.9. The first-order valence-electron chi connectivity index (χ1n) is 4.53. The summed E-state index contributed by atoms with van der Waals surface area (Å²) in [6.45, 7) is 6.37. The van der Waals surface area contributed by atoms with Crippen molar-refractivity contribution >= 4 is 5.97 Å². The van der Waals surface area contributed by atoms with E-state index in [2.05, 4.69) is 5.32 Å². The molecule has 0 radical (unpaired) electrons. The Balaban J connectivity index is 3.57. The molecule has 0 aromatic rings. The fraction of sp³-hybridized carbons (Fsp3) is 0.889. The van der Waals surface area contributed by atoms with E-state index in [-0.39, 0.29) is 24.7 Å². The molecule has 0 aliphatic carbocycles. The molecule has 0 fully saturated rings. The Labute approximate surface area is 79.6 Å². The zero-order valence-corrected chi connectivity index (χ0v) is 8.79. The summed E-state index contributed by atoms with van der Waals surface area (Å²) in [5.74, 6) is -0.224. The largest absolute Gasteiger partial charge is 0.465 e. The lowest BCUT2D eigenvalue weighted by molar-refractivity contribution is -0.142. The number of hydrogen-bond donors (Lipinski definition) is 1. The molecule has 0 heterocycles. The summed E-state index contributed by atoms with van der Waals surface area (Å²) in [7, 11) is 1.65. The van der Waals surface area contributed by atoms with Crippen molar-refractivity contribution in [2.45, 2.75) is 32.9 Å². The van der Waals surface area contributed by atoms with E-state index in [0.29, 0.717) is 6.61 Å². The smallest absolute Gasteiger partial charge is 0.319 e. The topological polar surface area (TPSA) is 47.6 Å². The highest BCUT2D eigenvalue weighted by Gasteiger charge is 2.11. The van der Waals surface area contributed by atoms with Gasteiger partial charge in [-0.2, -0.15) is 0 Å². The van der Waals surface area contributed by atoms with Gasteiger partial charge < -0.3 is 14.8 Å². The van der Waals surface area contributed by atoms with Crippen molar-refractivity contribution in [1.29, 1.82) is 0 Å². The molecular formula is C9H19NO3. The lowest BCUT2D eigenvalue weighted by Crippen LogP contribution is -2.40. The Morgan fingerprint density at radius 3 is 2.54 bits per heavy atom. The van der Waals surface area contributed by atoms with Gasteiger partial charge in [0.25, 0.3) is 0 Å². The predicted molar refractivity (Wildman–Crippen MR) is 50.6 cm³/mol. The third-order valence-corrected chi connectivity index (χ3v) is 1.95. The van der Waals surface area contributed by atoms with Gasteiger partial charge in [-0.25, -0.2) is 0 Å². The number of carbonyl (C=O) groups excluding carboxylic acids is 1. The van der Waals surface area contributed by atoms with Crippen LogP contribution in [0.2, 0.25) is 0 Å². The van der Waals surface area contributed by atoms with Crippen LogP contribution in [0.25, 0.3) is 0 Å². The maximum atomic E-state index is 10.9. The van der Waals surface area contributed by atoms with Gasteiger partial charge in [-0.15, -0.1) is 0 Å². The predicted octanol–water partition coefficient (Wildman–Crippen LogP) is 0.562. The van der Waals surface area contributed by atoms with E-state index in [9.17, 15) is 4.79 Å². The molecule has 2 unspecified atom stereocenters. The molecule has 1 N–H and O–H groups in total. The molecule has 0 aliphatic rings. The number of esters is 1. The fourth-order valence-electron chi connectivity index (χ4n) is 0.826. The Morgan fingerprint density at radius 1 is 1.46 bits per heavy atom. The number of hydrogen-bond acceptors (Lipinski definition) is 4. The average Bonchev–Trinajstić information content (AvgIpc) is 2.13. The second-order valence-electron chi connectivity index (χ2n) is 2.92. The number of methoxy groups -OCH3 is 1. The minimum absolute atomic E-state index is 0.0921. The summed E-state index contributed by atoms with van der Waals surface area (Å²) >= 11 is 0. The van der Waals surface area contributed by atoms with Gasteiger partial charge >= 0.3 is 5.97 Å². The highest BCUT2D eigenvalue weighted by atomic mass is 16.5. The van der Waals surface area contributed by atoms with Crippen LogP contribution in [-0.2, 0) is 14.3 Å². The summed E-state index contributed by atoms with van der Waals surface area (Å²) in [5.41, 5.74) is 0. The lowest BCUT2D eigenvalue weighted by atomic mass is 10.2. The second kappa shape index (κ2) is 6.86. The molecule has 13 heavy (non-hydrogen) atoms. The summed E-state index contributed by atoms with van der Waals surface area (Å²) in [6.07, 6.45) is 0.0921. The third-order valence-electron chi connectivity index (χ3n) is 1.95. The molecular weight excluding hydrogens is 170 g/mol. The Hall–Kier alpha value is -0.610. The van der Waals surface area contributed by atoms with Gasteiger partial charge in [0.05, 0.1) is 19.3 Å². The van der Waals surface area contributed by atoms with Crippen LogP contribution in [0.3, 0.4) is 0 Å². The van der Waals surface area contributed by atoms with E-state index >= 15 is 0 Å². The number of carbonyl (C=O) groups is 1. The van der Waals surface area contributed by atoms with Crippen molar-refractivity contribution in [2.24, 2.45) is 0 Å². The van der Waals surface area contributed by atoms with Crippen molar-refractivity contribution in [3.8, 4) is 0 Å². The van der Waals surface area contributed by atoms with E-state index < -0.39 is 0 Å². The van der Waals surface area contributed by atoms with Gasteiger partial charge in [-0.05, 0) is 20.8 Å². The van der Waals surface area contributed by atoms with E-state index in [1.54, 1.807) is 14.0 Å². The van der Waals surface area contributed by atoms with Crippen LogP contribution in [0.15, 0.2) is 0 Å². The van der Waals surface area contributed by atoms with E-state index in [0.717, 1.165) is 0 Å². The van der Waals surface area contributed by atoms with Crippen molar-refractivity contribution < 1.29 is 14.3 Å². The summed E-state index contributed by atoms with van der Waals surface area (Å²) < 4.78 is 9.85. The van der Waals surface area contributed by atoms with Crippen molar-refractivity contribution in [1.82, 2.24) is 5.32 Å². The quantitative estimate of drug-likeness (QED) is 0.620. The monoisotopic (exact) mass is 189 g/mol. The SMILES string of the molecule is CCOC(=O)CNC(C)C(C)OC. The van der Waals surface area contributed by atoms with Gasteiger partial charge in [0.1, 0.15) is 0 Å². The minimum Gasteiger partial charge on any atom is -0.465 e. The Morgan fingerprint density at radius 2 is 2.08 bits per heavy atom. The lowest BCUT2D eigenvalue weighted by Gasteiger charge is -2.19. The molecule has 0 rings (SSSR count). The van der Waals surface area contributed by atoms with E-state index in [4.69, 9.17) is 9.47 Å². The van der Waals surface area contributed by atoms with Crippen LogP contribution in [0.1, 0.15) is 20.8 Å². The van der Waals surface area contributed by atoms with Crippen molar-refractivity contribution in [3.63, 3.8) is 0 Å². The van der Waals surface area contributed by atoms with Crippen LogP contribution in [0.4, 0.5) is 0 Å². The Bertz CT molecular complexity index is 150. The molecule has 0 aromatic carbocycles. The number of rotatable bonds is 6. The summed E-state index contributed by atoms with van der Waals surface area (Å²) in [4.78, 5) is 10.9. The van der Waals surface area contributed by atoms with E-state index in [1.165, 1.54) is 0 Å². The molecule has 0 saturated heterocycles. The Kier molecular flexibility index (Phi) is 6.54. The first kappa shape index (κ1) is 12.4. The van der Waals surface area contributed by atoms with Gasteiger partial charge in [0, 0.05) is 13.2 Å². The molecule has 2 atom stereocenters. The van der Waals surface area contributed by atoms with Crippen LogP contribution < -0.4 is 5.32 Å². The minimum atomic E-state index is -0.224. The van der Waals surface area contributed by atoms with Gasteiger partial charge in [-0.3, -0.25) is 4.79 Å². The number of ether oxygens (including phenoxy) is 2. The molecule has 0 aromatic heterocycles. The molecule has 0 spiro atoms. The summed E-state index contributed by atoms with van der Waals surface area (Å²) in [5, 5.41) is 3.02. The summed E-state index contributed by atoms with van der Waals surface area (Å²) in [6, 6.07) is 0.148. The molecule has 0 bridgehead atoms. The molecule has 4 nitrogen and oxygen atoms in total. The van der Waals surface area contributed by atoms with Crippen LogP contribution >= 0.6 is 0 Å². The molecule has 0 aliphatic heterocycles. The van der Waals surface area contributed by atoms with Gasteiger partial charge in [-0.1, -0.05) is 0 Å². The second-order valence-corrected chi connectivity index (χ2v) is 2.92. The molecule has 4 heteroatoms. The van der Waals surface area contributed by atoms with E-state index in [1.807, 2.05) is 13.8 Å². The third kappa shape index (κ3) is 5.60. The van der Waals surface area contributed by atoms with Gasteiger partial charge in [0.2, 0.25) is 0 Å². The normalized spacial score (nSPS) is 15.1. The number of nitrogens with one attached hydrogen (secondary N) is 1. The van der Waals surface area contributed by atoms with Crippen LogP contribution in [0, 0.1) is 0 Å². The molecule has 0 saturated carbocycles. The zero-order valence-electron chi connectivity index (χ0n) is 8.79. The molecule has 0 amide bonds. The van der Waals surface area contributed by atoms with Crippen LogP contribution in [-0.4, -0.2) is 38.4 Å². The fourth-order valence-corrected chi connectivity index (χ4v) is 0.826. The highest BCUT2D eigenvalue weighted by molar-refractivity contribution is 5.71. The first-order valence-corrected chi connectivity index (χ1v) is 4.53. The average molecular weight is 189 g/mol.